The Morgan fingerprint density at radius 3 is 2.45 bits per heavy atom. The van der Waals surface area contributed by atoms with Gasteiger partial charge in [0.1, 0.15) is 14.6 Å². The van der Waals surface area contributed by atoms with Gasteiger partial charge in [0.2, 0.25) is 11.8 Å². The normalized spacial score (nSPS) is 21.7. The number of nitrogens with zero attached hydrogens (tertiary/aromatic N) is 1. The highest BCUT2D eigenvalue weighted by molar-refractivity contribution is 8.29. The van der Waals surface area contributed by atoms with E-state index in [-0.39, 0.29) is 55.3 Å². The molecule has 2 heterocycles. The largest absolute Gasteiger partial charge is 0.332 e. The van der Waals surface area contributed by atoms with Gasteiger partial charge in [0.15, 0.2) is 0 Å². The van der Waals surface area contributed by atoms with Crippen molar-refractivity contribution in [2.45, 2.75) is 108 Å². The molecule has 0 spiro atoms. The lowest BCUT2D eigenvalue weighted by Crippen LogP contribution is -2.47. The third-order valence-corrected chi connectivity index (χ3v) is 9.05. The molecule has 0 bridgehead atoms. The van der Waals surface area contributed by atoms with E-state index in [1.54, 1.807) is 0 Å². The highest BCUT2D eigenvalue weighted by Gasteiger charge is 2.42. The summed E-state index contributed by atoms with van der Waals surface area (Å²) >= 11 is 6.61. The standard InChI is InChI=1S/C25H44N4O6S3/c1-3-4-6-15-23(32)29(16-17-35-38(2,34)36)28-22(31)14-8-5-7-11-19(30)12-9-10-13-21-24-20(18-37-21)26-25(33)27-24/h20-21,24H,3-18H2,1-2H3,(H,28,31)(H2,26,27,33)/t20-,21-,24-,38?/m0/s1. The zero-order chi connectivity index (χ0) is 28.0. The first kappa shape index (κ1) is 32.8. The number of amides is 4. The minimum atomic E-state index is -2.80. The predicted octanol–water partition coefficient (Wildman–Crippen LogP) is 2.98. The number of carbonyl (C=O) groups excluding carboxylic acids is 4. The van der Waals surface area contributed by atoms with Gasteiger partial charge >= 0.3 is 6.03 Å². The molecular weight excluding hydrogens is 548 g/mol. The number of hydrogen-bond acceptors (Lipinski definition) is 8. The van der Waals surface area contributed by atoms with Crippen molar-refractivity contribution in [2.24, 2.45) is 0 Å². The SMILES string of the molecule is CCCCCC(=O)N(CCOS(C)(=O)=S)NC(=O)CCCCCC(=O)CCCC[C@@H]1SC[C@@H]2NC(=O)N[C@@H]21. The lowest BCUT2D eigenvalue weighted by Gasteiger charge is -2.23. The van der Waals surface area contributed by atoms with Crippen molar-refractivity contribution in [3.05, 3.63) is 0 Å². The van der Waals surface area contributed by atoms with Crippen molar-refractivity contribution < 1.29 is 27.6 Å². The number of unbranched alkanes of at least 4 members (excludes halogenated alkanes) is 5. The molecule has 2 aliphatic rings. The Morgan fingerprint density at radius 1 is 1.05 bits per heavy atom. The molecule has 13 heteroatoms. The van der Waals surface area contributed by atoms with Crippen LogP contribution in [0.2, 0.25) is 0 Å². The van der Waals surface area contributed by atoms with E-state index in [4.69, 9.17) is 15.4 Å². The van der Waals surface area contributed by atoms with Gasteiger partial charge in [0, 0.05) is 54.1 Å². The topological polar surface area (TPSA) is 134 Å². The zero-order valence-electron chi connectivity index (χ0n) is 22.7. The van der Waals surface area contributed by atoms with Crippen molar-refractivity contribution in [3.63, 3.8) is 0 Å². The van der Waals surface area contributed by atoms with Crippen LogP contribution in [0, 0.1) is 0 Å². The second-order valence-corrected chi connectivity index (χ2v) is 14.8. The van der Waals surface area contributed by atoms with Crippen molar-refractivity contribution in [2.75, 3.05) is 25.2 Å². The smallest absolute Gasteiger partial charge is 0.315 e. The van der Waals surface area contributed by atoms with E-state index in [1.807, 2.05) is 18.7 Å². The summed E-state index contributed by atoms with van der Waals surface area (Å²) in [5.41, 5.74) is 2.65. The molecule has 218 valence electrons. The molecule has 2 rings (SSSR count). The molecule has 10 nitrogen and oxygen atoms in total. The highest BCUT2D eigenvalue weighted by Crippen LogP contribution is 2.33. The number of fused-ring (bicyclic) bond motifs is 1. The molecule has 0 radical (unpaired) electrons. The summed E-state index contributed by atoms with van der Waals surface area (Å²) < 4.78 is 16.6. The van der Waals surface area contributed by atoms with E-state index in [0.717, 1.165) is 57.1 Å². The van der Waals surface area contributed by atoms with Gasteiger partial charge in [0.25, 0.3) is 0 Å². The maximum atomic E-state index is 12.5. The summed E-state index contributed by atoms with van der Waals surface area (Å²) in [4.78, 5) is 48.6. The Morgan fingerprint density at radius 2 is 1.74 bits per heavy atom. The quantitative estimate of drug-likeness (QED) is 0.118. The molecule has 4 amide bonds. The maximum absolute atomic E-state index is 12.5. The number of thioether (sulfide) groups is 1. The van der Waals surface area contributed by atoms with Gasteiger partial charge in [-0.3, -0.25) is 29.0 Å². The number of rotatable bonds is 19. The third-order valence-electron chi connectivity index (χ3n) is 6.66. The van der Waals surface area contributed by atoms with Crippen LogP contribution in [0.1, 0.15) is 90.4 Å². The summed E-state index contributed by atoms with van der Waals surface area (Å²) in [5.74, 6) is 0.726. The van der Waals surface area contributed by atoms with E-state index in [1.165, 1.54) is 11.3 Å². The molecule has 38 heavy (non-hydrogen) atoms. The first-order valence-electron chi connectivity index (χ1n) is 13.7. The Bertz CT molecular complexity index is 902. The minimum Gasteiger partial charge on any atom is -0.332 e. The second-order valence-electron chi connectivity index (χ2n) is 10.0. The van der Waals surface area contributed by atoms with Crippen LogP contribution in [-0.2, 0) is 38.5 Å². The highest BCUT2D eigenvalue weighted by atomic mass is 32.8. The van der Waals surface area contributed by atoms with Crippen molar-refractivity contribution in [1.29, 1.82) is 0 Å². The van der Waals surface area contributed by atoms with Gasteiger partial charge in [-0.05, 0) is 32.1 Å². The summed E-state index contributed by atoms with van der Waals surface area (Å²) in [6.45, 7) is 2.11. The predicted molar refractivity (Wildman–Crippen MR) is 153 cm³/mol. The van der Waals surface area contributed by atoms with Gasteiger partial charge in [-0.15, -0.1) is 0 Å². The molecular formula is C25H44N4O6S3. The first-order valence-corrected chi connectivity index (χ1v) is 17.6. The van der Waals surface area contributed by atoms with Crippen molar-refractivity contribution in [3.8, 4) is 0 Å². The lowest BCUT2D eigenvalue weighted by molar-refractivity contribution is -0.142. The average molecular weight is 593 g/mol. The van der Waals surface area contributed by atoms with Gasteiger partial charge in [-0.2, -0.15) is 11.8 Å². The van der Waals surface area contributed by atoms with E-state index < -0.39 is 8.77 Å². The van der Waals surface area contributed by atoms with E-state index in [2.05, 4.69) is 16.1 Å². The van der Waals surface area contributed by atoms with Crippen LogP contribution in [0.4, 0.5) is 4.79 Å². The second kappa shape index (κ2) is 17.3. The Kier molecular flexibility index (Phi) is 14.9. The summed E-state index contributed by atoms with van der Waals surface area (Å²) in [7, 11) is -2.80. The number of Topliss-reactive ketones (excluding diaryl/α,β-unsaturated/α-hetero) is 1. The molecule has 2 fully saturated rings. The van der Waals surface area contributed by atoms with Crippen molar-refractivity contribution in [1.82, 2.24) is 21.1 Å². The van der Waals surface area contributed by atoms with Crippen molar-refractivity contribution >= 4 is 55.4 Å². The van der Waals surface area contributed by atoms with Crippen LogP contribution in [-0.4, -0.2) is 75.3 Å². The average Bonchev–Trinajstić information content (AvgIpc) is 3.39. The number of hydrogen-bond donors (Lipinski definition) is 3. The van der Waals surface area contributed by atoms with Gasteiger partial charge in [0.05, 0.1) is 25.2 Å². The zero-order valence-corrected chi connectivity index (χ0v) is 25.1. The Hall–Kier alpha value is -1.44. The molecule has 0 aromatic heterocycles. The lowest BCUT2D eigenvalue weighted by atomic mass is 10.0. The van der Waals surface area contributed by atoms with E-state index in [9.17, 15) is 23.4 Å². The molecule has 0 saturated carbocycles. The van der Waals surface area contributed by atoms with Gasteiger partial charge < -0.3 is 10.6 Å². The van der Waals surface area contributed by atoms with Crippen LogP contribution in [0.15, 0.2) is 0 Å². The summed E-state index contributed by atoms with van der Waals surface area (Å²) in [6, 6.07) is 0.372. The van der Waals surface area contributed by atoms with E-state index in [0.29, 0.717) is 30.9 Å². The summed E-state index contributed by atoms with van der Waals surface area (Å²) in [6.07, 6.45) is 10.6. The molecule has 4 atom stereocenters. The molecule has 0 aliphatic carbocycles. The van der Waals surface area contributed by atoms with Crippen LogP contribution in [0.5, 0.6) is 0 Å². The van der Waals surface area contributed by atoms with Crippen LogP contribution >= 0.6 is 11.8 Å². The van der Waals surface area contributed by atoms with E-state index >= 15 is 0 Å². The van der Waals surface area contributed by atoms with Crippen LogP contribution in [0.3, 0.4) is 0 Å². The molecule has 2 aliphatic heterocycles. The van der Waals surface area contributed by atoms with Gasteiger partial charge in [-0.1, -0.05) is 32.6 Å². The molecule has 0 aromatic rings. The fourth-order valence-corrected chi connectivity index (χ4v) is 6.74. The Balaban J connectivity index is 1.56. The monoisotopic (exact) mass is 592 g/mol. The number of carbonyl (C=O) groups is 4. The maximum Gasteiger partial charge on any atom is 0.315 e. The fraction of sp³-hybridized carbons (Fsp3) is 0.840. The van der Waals surface area contributed by atoms with Crippen LogP contribution in [0.25, 0.3) is 0 Å². The van der Waals surface area contributed by atoms with Crippen LogP contribution < -0.4 is 16.1 Å². The number of nitrogens with one attached hydrogen (secondary N) is 3. The number of ketones is 1. The fourth-order valence-electron chi connectivity index (χ4n) is 4.61. The molecule has 3 N–H and O–H groups in total. The summed E-state index contributed by atoms with van der Waals surface area (Å²) in [5, 5.41) is 7.60. The molecule has 0 aromatic carbocycles. The minimum absolute atomic E-state index is 0.0187. The number of hydrazine groups is 1. The van der Waals surface area contributed by atoms with Gasteiger partial charge in [-0.25, -0.2) is 9.00 Å². The third kappa shape index (κ3) is 13.1. The first-order chi connectivity index (χ1) is 18.1. The molecule has 2 saturated heterocycles. The molecule has 1 unspecified atom stereocenters. The Labute approximate surface area is 236 Å². The number of urea groups is 1.